The summed E-state index contributed by atoms with van der Waals surface area (Å²) in [5, 5.41) is 0. The smallest absolute Gasteiger partial charge is 0.372 e. The van der Waals surface area contributed by atoms with Gasteiger partial charge in [-0.1, -0.05) is 12.1 Å². The maximum atomic E-state index is 12.4. The van der Waals surface area contributed by atoms with E-state index in [1.807, 2.05) is 0 Å². The highest BCUT2D eigenvalue weighted by atomic mass is 19.4. The Morgan fingerprint density at radius 1 is 1.38 bits per heavy atom. The van der Waals surface area contributed by atoms with Gasteiger partial charge in [-0.3, -0.25) is 0 Å². The fourth-order valence-electron chi connectivity index (χ4n) is 1.42. The van der Waals surface area contributed by atoms with Gasteiger partial charge >= 0.3 is 6.18 Å². The van der Waals surface area contributed by atoms with Gasteiger partial charge in [-0.25, -0.2) is 0 Å². The lowest BCUT2D eigenvalue weighted by Gasteiger charge is -2.16. The van der Waals surface area contributed by atoms with Gasteiger partial charge in [0.1, 0.15) is 0 Å². The van der Waals surface area contributed by atoms with Crippen LogP contribution >= 0.6 is 0 Å². The Morgan fingerprint density at radius 2 is 2.06 bits per heavy atom. The lowest BCUT2D eigenvalue weighted by Crippen LogP contribution is -2.16. The Labute approximate surface area is 92.2 Å². The van der Waals surface area contributed by atoms with Crippen LogP contribution < -0.4 is 5.73 Å². The zero-order valence-corrected chi connectivity index (χ0v) is 8.92. The van der Waals surface area contributed by atoms with Gasteiger partial charge in [0.25, 0.3) is 0 Å². The average Bonchev–Trinajstić information content (AvgIpc) is 2.25. The molecule has 1 atom stereocenters. The van der Waals surface area contributed by atoms with Crippen LogP contribution in [0.4, 0.5) is 13.2 Å². The molecule has 0 fully saturated rings. The third kappa shape index (κ3) is 3.21. The van der Waals surface area contributed by atoms with Crippen molar-refractivity contribution in [2.75, 3.05) is 13.2 Å². The molecule has 1 aromatic rings. The fourth-order valence-corrected chi connectivity index (χ4v) is 1.42. The number of rotatable bonds is 4. The van der Waals surface area contributed by atoms with Gasteiger partial charge in [0.15, 0.2) is 0 Å². The summed E-state index contributed by atoms with van der Waals surface area (Å²) >= 11 is 0. The predicted octanol–water partition coefficient (Wildman–Crippen LogP) is 2.74. The summed E-state index contributed by atoms with van der Waals surface area (Å²) in [5.41, 5.74) is 5.22. The summed E-state index contributed by atoms with van der Waals surface area (Å²) in [6.07, 6.45) is -4.81. The number of hydrogen-bond donors (Lipinski definition) is 1. The molecule has 2 nitrogen and oxygen atoms in total. The molecule has 0 amide bonds. The van der Waals surface area contributed by atoms with Crippen LogP contribution in [-0.4, -0.2) is 13.2 Å². The normalized spacial score (nSPS) is 13.8. The number of hydrogen-bond acceptors (Lipinski definition) is 2. The van der Waals surface area contributed by atoms with E-state index in [1.54, 1.807) is 13.0 Å². The summed E-state index contributed by atoms with van der Waals surface area (Å²) in [5.74, 6) is 0. The maximum absolute atomic E-state index is 12.4. The summed E-state index contributed by atoms with van der Waals surface area (Å²) in [4.78, 5) is 0. The maximum Gasteiger partial charge on any atom is 0.416 e. The Kier molecular flexibility index (Phi) is 4.32. The molecule has 1 rings (SSSR count). The molecule has 0 bridgehead atoms. The number of benzene rings is 1. The van der Waals surface area contributed by atoms with Crippen LogP contribution in [-0.2, 0) is 10.9 Å². The van der Waals surface area contributed by atoms with Crippen molar-refractivity contribution in [3.63, 3.8) is 0 Å². The summed E-state index contributed by atoms with van der Waals surface area (Å²) < 4.78 is 42.6. The molecule has 0 aromatic heterocycles. The van der Waals surface area contributed by atoms with Crippen LogP contribution in [0, 0.1) is 0 Å². The molecule has 0 heterocycles. The first kappa shape index (κ1) is 13.0. The van der Waals surface area contributed by atoms with Gasteiger partial charge in [0, 0.05) is 13.2 Å². The monoisotopic (exact) mass is 233 g/mol. The summed E-state index contributed by atoms with van der Waals surface area (Å²) in [7, 11) is 0. The largest absolute Gasteiger partial charge is 0.416 e. The third-order valence-electron chi connectivity index (χ3n) is 2.17. The Bertz CT molecular complexity index is 338. The minimum absolute atomic E-state index is 0.162. The van der Waals surface area contributed by atoms with Crippen LogP contribution in [0.15, 0.2) is 24.3 Å². The molecular formula is C11H14F3NO. The van der Waals surface area contributed by atoms with Crippen LogP contribution in [0.2, 0.25) is 0 Å². The van der Waals surface area contributed by atoms with Crippen LogP contribution in [0.1, 0.15) is 24.2 Å². The first-order chi connectivity index (χ1) is 7.49. The zero-order chi connectivity index (χ0) is 12.2. The van der Waals surface area contributed by atoms with Crippen LogP contribution in [0.5, 0.6) is 0 Å². The lowest BCUT2D eigenvalue weighted by molar-refractivity contribution is -0.137. The number of alkyl halides is 3. The predicted molar refractivity (Wildman–Crippen MR) is 54.9 cm³/mol. The highest BCUT2D eigenvalue weighted by Gasteiger charge is 2.30. The van der Waals surface area contributed by atoms with E-state index in [1.165, 1.54) is 6.07 Å². The van der Waals surface area contributed by atoms with Crippen LogP contribution in [0.3, 0.4) is 0 Å². The molecule has 0 aliphatic heterocycles. The van der Waals surface area contributed by atoms with Gasteiger partial charge in [-0.15, -0.1) is 0 Å². The first-order valence-corrected chi connectivity index (χ1v) is 4.97. The molecule has 0 saturated heterocycles. The first-order valence-electron chi connectivity index (χ1n) is 4.97. The topological polar surface area (TPSA) is 35.2 Å². The van der Waals surface area contributed by atoms with Crippen molar-refractivity contribution in [3.05, 3.63) is 35.4 Å². The summed E-state index contributed by atoms with van der Waals surface area (Å²) in [6, 6.07) is 5.05. The minimum Gasteiger partial charge on any atom is -0.372 e. The molecule has 0 aliphatic carbocycles. The molecule has 2 N–H and O–H groups in total. The lowest BCUT2D eigenvalue weighted by atomic mass is 10.1. The van der Waals surface area contributed by atoms with Crippen molar-refractivity contribution in [2.45, 2.75) is 19.2 Å². The van der Waals surface area contributed by atoms with Crippen molar-refractivity contribution >= 4 is 0 Å². The minimum atomic E-state index is -4.33. The second-order valence-corrected chi connectivity index (χ2v) is 3.30. The van der Waals surface area contributed by atoms with Gasteiger partial charge < -0.3 is 10.5 Å². The molecule has 5 heteroatoms. The number of ether oxygens (including phenoxy) is 1. The van der Waals surface area contributed by atoms with Crippen molar-refractivity contribution in [1.29, 1.82) is 0 Å². The molecule has 16 heavy (non-hydrogen) atoms. The van der Waals surface area contributed by atoms with Gasteiger partial charge in [-0.05, 0) is 24.6 Å². The van der Waals surface area contributed by atoms with E-state index < -0.39 is 17.8 Å². The van der Waals surface area contributed by atoms with E-state index in [-0.39, 0.29) is 6.54 Å². The van der Waals surface area contributed by atoms with E-state index in [4.69, 9.17) is 10.5 Å². The number of nitrogens with two attached hydrogens (primary N) is 1. The molecule has 0 spiro atoms. The number of halogens is 3. The molecular weight excluding hydrogens is 219 g/mol. The van der Waals surface area contributed by atoms with Crippen molar-refractivity contribution in [3.8, 4) is 0 Å². The second kappa shape index (κ2) is 5.32. The van der Waals surface area contributed by atoms with E-state index in [9.17, 15) is 13.2 Å². The second-order valence-electron chi connectivity index (χ2n) is 3.30. The van der Waals surface area contributed by atoms with Crippen molar-refractivity contribution < 1.29 is 17.9 Å². The molecule has 1 aromatic carbocycles. The third-order valence-corrected chi connectivity index (χ3v) is 2.17. The van der Waals surface area contributed by atoms with Crippen molar-refractivity contribution in [1.82, 2.24) is 0 Å². The molecule has 0 saturated carbocycles. The van der Waals surface area contributed by atoms with E-state index in [0.717, 1.165) is 12.1 Å². The highest BCUT2D eigenvalue weighted by molar-refractivity contribution is 5.27. The molecule has 90 valence electrons. The van der Waals surface area contributed by atoms with E-state index in [0.29, 0.717) is 12.2 Å². The Balaban J connectivity index is 2.97. The van der Waals surface area contributed by atoms with Gasteiger partial charge in [0.05, 0.1) is 11.7 Å². The molecule has 1 unspecified atom stereocenters. The van der Waals surface area contributed by atoms with Crippen molar-refractivity contribution in [2.24, 2.45) is 5.73 Å². The Hall–Kier alpha value is -1.07. The van der Waals surface area contributed by atoms with Gasteiger partial charge in [0.2, 0.25) is 0 Å². The van der Waals surface area contributed by atoms with Crippen LogP contribution in [0.25, 0.3) is 0 Å². The Morgan fingerprint density at radius 3 is 2.56 bits per heavy atom. The zero-order valence-electron chi connectivity index (χ0n) is 8.92. The average molecular weight is 233 g/mol. The fraction of sp³-hybridized carbons (Fsp3) is 0.455. The highest BCUT2D eigenvalue weighted by Crippen LogP contribution is 2.31. The van der Waals surface area contributed by atoms with E-state index in [2.05, 4.69) is 0 Å². The summed E-state index contributed by atoms with van der Waals surface area (Å²) in [6.45, 7) is 2.35. The quantitative estimate of drug-likeness (QED) is 0.867. The standard InChI is InChI=1S/C11H14F3NO/c1-2-16-10(7-15)8-4-3-5-9(6-8)11(12,13)14/h3-6,10H,2,7,15H2,1H3. The molecule has 0 radical (unpaired) electrons. The molecule has 0 aliphatic rings. The van der Waals surface area contributed by atoms with Gasteiger partial charge in [-0.2, -0.15) is 13.2 Å². The van der Waals surface area contributed by atoms with E-state index >= 15 is 0 Å². The SMILES string of the molecule is CCOC(CN)c1cccc(C(F)(F)F)c1.